The molecule has 4 rings (SSSR count). The van der Waals surface area contributed by atoms with Gasteiger partial charge < -0.3 is 14.6 Å². The van der Waals surface area contributed by atoms with Gasteiger partial charge in [0.25, 0.3) is 0 Å². The molecule has 0 aliphatic carbocycles. The summed E-state index contributed by atoms with van der Waals surface area (Å²) < 4.78 is 11.2. The Morgan fingerprint density at radius 2 is 1.74 bits per heavy atom. The zero-order valence-electron chi connectivity index (χ0n) is 17.7. The van der Waals surface area contributed by atoms with Crippen LogP contribution in [-0.4, -0.2) is 61.3 Å². The molecule has 162 valence electrons. The molecule has 3 aromatic carbocycles. The van der Waals surface area contributed by atoms with E-state index in [0.29, 0.717) is 43.9 Å². The van der Waals surface area contributed by atoms with E-state index in [0.717, 1.165) is 13.1 Å². The van der Waals surface area contributed by atoms with Crippen LogP contribution in [0.2, 0.25) is 0 Å². The molecule has 0 bridgehead atoms. The van der Waals surface area contributed by atoms with Crippen LogP contribution < -0.4 is 4.74 Å². The van der Waals surface area contributed by atoms with Crippen molar-refractivity contribution in [2.24, 2.45) is 0 Å². The molecular weight excluding hydrogens is 390 g/mol. The molecule has 1 heterocycles. The van der Waals surface area contributed by atoms with E-state index in [-0.39, 0.29) is 12.4 Å². The summed E-state index contributed by atoms with van der Waals surface area (Å²) >= 11 is 0. The maximum Gasteiger partial charge on any atom is 0.166 e. The van der Waals surface area contributed by atoms with E-state index in [4.69, 9.17) is 9.47 Å². The molecule has 3 aromatic rings. The van der Waals surface area contributed by atoms with Crippen molar-refractivity contribution in [1.29, 1.82) is 0 Å². The summed E-state index contributed by atoms with van der Waals surface area (Å²) in [7, 11) is 0. The number of nitrogens with zero attached hydrogens (tertiary/aromatic N) is 1. The van der Waals surface area contributed by atoms with Gasteiger partial charge in [-0.15, -0.1) is 0 Å². The van der Waals surface area contributed by atoms with Crippen molar-refractivity contribution in [2.75, 3.05) is 39.5 Å². The van der Waals surface area contributed by atoms with Crippen LogP contribution in [0.4, 0.5) is 0 Å². The molecule has 1 fully saturated rings. The number of β-amino-alcohol motifs (C(OH)–C–C–N with tert-alkyl or cyclic N) is 1. The molecule has 0 unspecified atom stereocenters. The summed E-state index contributed by atoms with van der Waals surface area (Å²) in [4.78, 5) is 15.1. The molecule has 5 heteroatoms. The molecule has 1 saturated heterocycles. The number of fused-ring (bicyclic) bond motifs is 1. The van der Waals surface area contributed by atoms with Crippen molar-refractivity contribution in [3.8, 4) is 5.75 Å². The van der Waals surface area contributed by atoms with E-state index >= 15 is 0 Å². The van der Waals surface area contributed by atoms with Gasteiger partial charge in [-0.25, -0.2) is 0 Å². The summed E-state index contributed by atoms with van der Waals surface area (Å²) in [5.41, 5.74) is 1.74. The minimum Gasteiger partial charge on any atom is -0.490 e. The monoisotopic (exact) mass is 419 g/mol. The number of carbonyl (C=O) groups excluding carboxylic acids is 1. The van der Waals surface area contributed by atoms with E-state index in [1.54, 1.807) is 12.1 Å². The van der Waals surface area contributed by atoms with Crippen molar-refractivity contribution in [3.05, 3.63) is 77.9 Å². The summed E-state index contributed by atoms with van der Waals surface area (Å²) in [6.45, 7) is 3.73. The third-order valence-corrected chi connectivity index (χ3v) is 5.69. The SMILES string of the molecule is O=C(CCc1cccc2ccccc12)c1ccccc1OC[C@H](O)CN1CCOCC1. The third kappa shape index (κ3) is 5.70. The van der Waals surface area contributed by atoms with Gasteiger partial charge in [-0.2, -0.15) is 0 Å². The second kappa shape index (κ2) is 10.5. The fourth-order valence-electron chi connectivity index (χ4n) is 4.04. The van der Waals surface area contributed by atoms with Crippen LogP contribution in [0, 0.1) is 0 Å². The number of para-hydroxylation sites is 1. The smallest absolute Gasteiger partial charge is 0.166 e. The molecule has 0 amide bonds. The van der Waals surface area contributed by atoms with Gasteiger partial charge in [-0.1, -0.05) is 54.6 Å². The first-order valence-electron chi connectivity index (χ1n) is 10.9. The first-order valence-corrected chi connectivity index (χ1v) is 10.9. The average molecular weight is 420 g/mol. The number of morpholine rings is 1. The number of ether oxygens (including phenoxy) is 2. The van der Waals surface area contributed by atoms with Crippen molar-refractivity contribution in [2.45, 2.75) is 18.9 Å². The van der Waals surface area contributed by atoms with E-state index in [1.165, 1.54) is 16.3 Å². The van der Waals surface area contributed by atoms with Crippen LogP contribution in [0.15, 0.2) is 66.7 Å². The summed E-state index contributed by atoms with van der Waals surface area (Å²) in [6, 6.07) is 21.8. The molecule has 1 N–H and O–H groups in total. The van der Waals surface area contributed by atoms with Gasteiger partial charge in [0.15, 0.2) is 5.78 Å². The Labute approximate surface area is 183 Å². The highest BCUT2D eigenvalue weighted by molar-refractivity contribution is 5.99. The number of carbonyl (C=O) groups is 1. The second-order valence-electron chi connectivity index (χ2n) is 7.94. The van der Waals surface area contributed by atoms with Gasteiger partial charge in [0.05, 0.1) is 18.8 Å². The number of aliphatic hydroxyl groups excluding tert-OH is 1. The number of aryl methyl sites for hydroxylation is 1. The zero-order valence-corrected chi connectivity index (χ0v) is 17.7. The van der Waals surface area contributed by atoms with E-state index < -0.39 is 6.10 Å². The topological polar surface area (TPSA) is 59.0 Å². The largest absolute Gasteiger partial charge is 0.490 e. The fourth-order valence-corrected chi connectivity index (χ4v) is 4.04. The Bertz CT molecular complexity index is 1010. The van der Waals surface area contributed by atoms with Gasteiger partial charge in [0.1, 0.15) is 18.5 Å². The Kier molecular flexibility index (Phi) is 7.30. The van der Waals surface area contributed by atoms with Crippen molar-refractivity contribution < 1.29 is 19.4 Å². The first-order chi connectivity index (χ1) is 15.2. The number of rotatable bonds is 9. The Hall–Kier alpha value is -2.73. The zero-order chi connectivity index (χ0) is 21.5. The van der Waals surface area contributed by atoms with Crippen molar-refractivity contribution >= 4 is 16.6 Å². The van der Waals surface area contributed by atoms with Gasteiger partial charge in [0, 0.05) is 26.1 Å². The molecule has 5 nitrogen and oxygen atoms in total. The quantitative estimate of drug-likeness (QED) is 0.536. The normalized spacial score (nSPS) is 15.6. The van der Waals surface area contributed by atoms with Crippen LogP contribution >= 0.6 is 0 Å². The van der Waals surface area contributed by atoms with Crippen LogP contribution in [-0.2, 0) is 11.2 Å². The Morgan fingerprint density at radius 1 is 1.00 bits per heavy atom. The molecule has 0 saturated carbocycles. The molecular formula is C26H29NO4. The fraction of sp³-hybridized carbons (Fsp3) is 0.346. The van der Waals surface area contributed by atoms with Crippen LogP contribution in [0.1, 0.15) is 22.3 Å². The number of benzene rings is 3. The minimum atomic E-state index is -0.614. The predicted molar refractivity (Wildman–Crippen MR) is 122 cm³/mol. The van der Waals surface area contributed by atoms with Gasteiger partial charge in [-0.05, 0) is 34.9 Å². The predicted octanol–water partition coefficient (Wildman–Crippen LogP) is 3.73. The highest BCUT2D eigenvalue weighted by Crippen LogP contribution is 2.23. The molecule has 1 aliphatic rings. The first kappa shape index (κ1) is 21.5. The summed E-state index contributed by atoms with van der Waals surface area (Å²) in [6.07, 6.45) is 0.468. The maximum atomic E-state index is 13.0. The maximum absolute atomic E-state index is 13.0. The molecule has 0 radical (unpaired) electrons. The number of aliphatic hydroxyl groups is 1. The van der Waals surface area contributed by atoms with Gasteiger partial charge >= 0.3 is 0 Å². The Balaban J connectivity index is 1.36. The highest BCUT2D eigenvalue weighted by atomic mass is 16.5. The number of ketones is 1. The van der Waals surface area contributed by atoms with Crippen LogP contribution in [0.25, 0.3) is 10.8 Å². The second-order valence-corrected chi connectivity index (χ2v) is 7.94. The third-order valence-electron chi connectivity index (χ3n) is 5.69. The van der Waals surface area contributed by atoms with E-state index in [2.05, 4.69) is 29.2 Å². The van der Waals surface area contributed by atoms with Crippen LogP contribution in [0.3, 0.4) is 0 Å². The standard InChI is InChI=1S/C26H29NO4/c28-22(18-27-14-16-30-17-15-27)19-31-26-11-4-3-10-24(26)25(29)13-12-21-8-5-7-20-6-1-2-9-23(20)21/h1-11,22,28H,12-19H2/t22-/m1/s1. The Morgan fingerprint density at radius 3 is 2.61 bits per heavy atom. The van der Waals surface area contributed by atoms with Crippen LogP contribution in [0.5, 0.6) is 5.75 Å². The van der Waals surface area contributed by atoms with Gasteiger partial charge in [0.2, 0.25) is 0 Å². The van der Waals surface area contributed by atoms with Gasteiger partial charge in [-0.3, -0.25) is 9.69 Å². The molecule has 31 heavy (non-hydrogen) atoms. The number of Topliss-reactive ketones (excluding diaryl/α,β-unsaturated/α-hetero) is 1. The van der Waals surface area contributed by atoms with E-state index in [9.17, 15) is 9.90 Å². The number of hydrogen-bond donors (Lipinski definition) is 1. The molecule has 0 spiro atoms. The lowest BCUT2D eigenvalue weighted by Gasteiger charge is -2.28. The lowest BCUT2D eigenvalue weighted by Crippen LogP contribution is -2.42. The average Bonchev–Trinajstić information content (AvgIpc) is 2.82. The lowest BCUT2D eigenvalue weighted by molar-refractivity contribution is 0.00457. The summed E-state index contributed by atoms with van der Waals surface area (Å²) in [5, 5.41) is 12.7. The molecule has 1 aliphatic heterocycles. The summed E-state index contributed by atoms with van der Waals surface area (Å²) in [5.74, 6) is 0.581. The molecule has 1 atom stereocenters. The van der Waals surface area contributed by atoms with Crippen molar-refractivity contribution in [3.63, 3.8) is 0 Å². The van der Waals surface area contributed by atoms with E-state index in [1.807, 2.05) is 30.3 Å². The van der Waals surface area contributed by atoms with Crippen molar-refractivity contribution in [1.82, 2.24) is 4.90 Å². The minimum absolute atomic E-state index is 0.0474. The number of hydrogen-bond acceptors (Lipinski definition) is 5. The lowest BCUT2D eigenvalue weighted by atomic mass is 9.98. The highest BCUT2D eigenvalue weighted by Gasteiger charge is 2.17. The molecule has 0 aromatic heterocycles.